The molecular formula is C25H29ClN4O3. The van der Waals surface area contributed by atoms with Crippen LogP contribution in [0.5, 0.6) is 0 Å². The highest BCUT2D eigenvalue weighted by molar-refractivity contribution is 6.30. The fourth-order valence-corrected chi connectivity index (χ4v) is 4.04. The minimum atomic E-state index is -0.220. The summed E-state index contributed by atoms with van der Waals surface area (Å²) in [6.45, 7) is 6.52. The summed E-state index contributed by atoms with van der Waals surface area (Å²) in [7, 11) is 0. The summed E-state index contributed by atoms with van der Waals surface area (Å²) in [5.74, 6) is 0.286. The van der Waals surface area contributed by atoms with Crippen molar-refractivity contribution in [2.75, 3.05) is 39.4 Å². The van der Waals surface area contributed by atoms with E-state index in [0.717, 1.165) is 45.0 Å². The van der Waals surface area contributed by atoms with E-state index in [1.165, 1.54) is 11.8 Å². The molecule has 33 heavy (non-hydrogen) atoms. The summed E-state index contributed by atoms with van der Waals surface area (Å²) >= 11 is 6.18. The van der Waals surface area contributed by atoms with E-state index in [1.807, 2.05) is 42.5 Å². The van der Waals surface area contributed by atoms with Gasteiger partial charge in [-0.05, 0) is 23.3 Å². The normalized spacial score (nSPS) is 14.5. The van der Waals surface area contributed by atoms with Gasteiger partial charge in [0.05, 0.1) is 19.8 Å². The highest BCUT2D eigenvalue weighted by Gasteiger charge is 2.17. The van der Waals surface area contributed by atoms with E-state index in [2.05, 4.69) is 32.2 Å². The summed E-state index contributed by atoms with van der Waals surface area (Å²) in [6, 6.07) is 18.1. The first-order valence-electron chi connectivity index (χ1n) is 11.2. The van der Waals surface area contributed by atoms with Gasteiger partial charge in [0, 0.05) is 44.3 Å². The highest BCUT2D eigenvalue weighted by atomic mass is 35.5. The molecule has 0 saturated carbocycles. The monoisotopic (exact) mass is 468 g/mol. The Hall–Kier alpha value is -2.71. The van der Waals surface area contributed by atoms with Crippen LogP contribution in [-0.4, -0.2) is 60.1 Å². The number of carbonyl (C=O) groups excluding carboxylic acids is 1. The van der Waals surface area contributed by atoms with Crippen molar-refractivity contribution in [1.29, 1.82) is 0 Å². The maximum atomic E-state index is 12.5. The molecule has 0 spiro atoms. The van der Waals surface area contributed by atoms with Gasteiger partial charge in [-0.15, -0.1) is 0 Å². The van der Waals surface area contributed by atoms with E-state index in [0.29, 0.717) is 36.2 Å². The van der Waals surface area contributed by atoms with Gasteiger partial charge in [-0.1, -0.05) is 54.1 Å². The van der Waals surface area contributed by atoms with Gasteiger partial charge in [-0.3, -0.25) is 14.6 Å². The number of nitrogens with zero attached hydrogens (tertiary/aromatic N) is 3. The summed E-state index contributed by atoms with van der Waals surface area (Å²) in [5, 5.41) is 3.63. The van der Waals surface area contributed by atoms with Crippen molar-refractivity contribution in [2.45, 2.75) is 19.6 Å². The maximum Gasteiger partial charge on any atom is 0.273 e. The number of amides is 1. The molecule has 8 heteroatoms. The number of oxazole rings is 1. The van der Waals surface area contributed by atoms with E-state index in [4.69, 9.17) is 20.8 Å². The Balaban J connectivity index is 1.36. The first-order chi connectivity index (χ1) is 16.2. The standard InChI is InChI=1S/C25H29ClN4O3/c26-22-8-4-7-21(15-22)17-30(16-20-5-2-1-3-6-20)18-24-28-23(19-33-24)25(31)27-9-10-29-11-13-32-14-12-29/h1-8,15,19H,9-14,16-18H2,(H,27,31). The van der Waals surface area contributed by atoms with Crippen LogP contribution in [0.4, 0.5) is 0 Å². The fraction of sp³-hybridized carbons (Fsp3) is 0.360. The number of rotatable bonds is 10. The Morgan fingerprint density at radius 1 is 1.03 bits per heavy atom. The summed E-state index contributed by atoms with van der Waals surface area (Å²) in [5.41, 5.74) is 2.59. The van der Waals surface area contributed by atoms with Gasteiger partial charge in [0.25, 0.3) is 5.91 Å². The van der Waals surface area contributed by atoms with E-state index in [-0.39, 0.29) is 5.91 Å². The lowest BCUT2D eigenvalue weighted by Gasteiger charge is -2.26. The Morgan fingerprint density at radius 3 is 2.58 bits per heavy atom. The van der Waals surface area contributed by atoms with Crippen LogP contribution >= 0.6 is 11.6 Å². The van der Waals surface area contributed by atoms with Crippen LogP contribution in [0, 0.1) is 0 Å². The first kappa shape index (κ1) is 23.4. The average Bonchev–Trinajstić information content (AvgIpc) is 3.29. The number of halogens is 1. The molecule has 7 nitrogen and oxygen atoms in total. The second-order valence-corrected chi connectivity index (χ2v) is 8.53. The van der Waals surface area contributed by atoms with Crippen molar-refractivity contribution < 1.29 is 13.9 Å². The van der Waals surface area contributed by atoms with Gasteiger partial charge in [0.15, 0.2) is 5.69 Å². The lowest BCUT2D eigenvalue weighted by molar-refractivity contribution is 0.0383. The summed E-state index contributed by atoms with van der Waals surface area (Å²) in [6.07, 6.45) is 1.43. The smallest absolute Gasteiger partial charge is 0.273 e. The van der Waals surface area contributed by atoms with Gasteiger partial charge in [-0.25, -0.2) is 4.98 Å². The quantitative estimate of drug-likeness (QED) is 0.490. The fourth-order valence-electron chi connectivity index (χ4n) is 3.82. The lowest BCUT2D eigenvalue weighted by Crippen LogP contribution is -2.41. The van der Waals surface area contributed by atoms with Gasteiger partial charge in [0.2, 0.25) is 5.89 Å². The third kappa shape index (κ3) is 7.40. The van der Waals surface area contributed by atoms with Crippen molar-refractivity contribution in [3.63, 3.8) is 0 Å². The molecule has 0 bridgehead atoms. The molecule has 0 unspecified atom stereocenters. The zero-order valence-corrected chi connectivity index (χ0v) is 19.3. The second-order valence-electron chi connectivity index (χ2n) is 8.10. The molecule has 1 fully saturated rings. The van der Waals surface area contributed by atoms with Crippen molar-refractivity contribution >= 4 is 17.5 Å². The van der Waals surface area contributed by atoms with Crippen molar-refractivity contribution in [1.82, 2.24) is 20.1 Å². The van der Waals surface area contributed by atoms with E-state index < -0.39 is 0 Å². The number of ether oxygens (including phenoxy) is 1. The molecule has 3 aromatic rings. The minimum absolute atomic E-state index is 0.220. The number of morpholine rings is 1. The average molecular weight is 469 g/mol. The third-order valence-corrected chi connectivity index (χ3v) is 5.74. The molecule has 1 amide bonds. The van der Waals surface area contributed by atoms with E-state index in [9.17, 15) is 4.79 Å². The van der Waals surface area contributed by atoms with Crippen LogP contribution in [0.2, 0.25) is 5.02 Å². The molecule has 0 atom stereocenters. The minimum Gasteiger partial charge on any atom is -0.447 e. The summed E-state index contributed by atoms with van der Waals surface area (Å²) in [4.78, 5) is 21.4. The zero-order valence-electron chi connectivity index (χ0n) is 18.6. The van der Waals surface area contributed by atoms with Crippen molar-refractivity contribution in [3.05, 3.63) is 88.6 Å². The van der Waals surface area contributed by atoms with Gasteiger partial charge < -0.3 is 14.5 Å². The predicted octanol–water partition coefficient (Wildman–Crippen LogP) is 3.59. The molecule has 1 aliphatic heterocycles. The van der Waals surface area contributed by atoms with Gasteiger partial charge in [-0.2, -0.15) is 0 Å². The van der Waals surface area contributed by atoms with E-state index in [1.54, 1.807) is 0 Å². The van der Waals surface area contributed by atoms with Crippen LogP contribution < -0.4 is 5.32 Å². The molecule has 4 rings (SSSR count). The number of carbonyl (C=O) groups is 1. The molecular weight excluding hydrogens is 440 g/mol. The van der Waals surface area contributed by atoms with E-state index >= 15 is 0 Å². The van der Waals surface area contributed by atoms with Crippen LogP contribution in [0.15, 0.2) is 65.3 Å². The number of hydrogen-bond donors (Lipinski definition) is 1. The Bertz CT molecular complexity index is 1020. The Labute approximate surface area is 199 Å². The van der Waals surface area contributed by atoms with Crippen LogP contribution in [0.1, 0.15) is 27.5 Å². The molecule has 2 heterocycles. The van der Waals surface area contributed by atoms with Crippen molar-refractivity contribution in [3.8, 4) is 0 Å². The van der Waals surface area contributed by atoms with Crippen molar-refractivity contribution in [2.24, 2.45) is 0 Å². The molecule has 0 radical (unpaired) electrons. The van der Waals surface area contributed by atoms with Crippen LogP contribution in [-0.2, 0) is 24.4 Å². The first-order valence-corrected chi connectivity index (χ1v) is 11.6. The molecule has 174 valence electrons. The second kappa shape index (κ2) is 12.0. The molecule has 0 aliphatic carbocycles. The molecule has 1 aliphatic rings. The maximum absolute atomic E-state index is 12.5. The molecule has 1 aromatic heterocycles. The predicted molar refractivity (Wildman–Crippen MR) is 127 cm³/mol. The summed E-state index contributed by atoms with van der Waals surface area (Å²) < 4.78 is 11.0. The van der Waals surface area contributed by atoms with Gasteiger partial charge >= 0.3 is 0 Å². The number of nitrogens with one attached hydrogen (secondary N) is 1. The third-order valence-electron chi connectivity index (χ3n) is 5.50. The number of aromatic nitrogens is 1. The molecule has 1 N–H and O–H groups in total. The zero-order chi connectivity index (χ0) is 22.9. The van der Waals surface area contributed by atoms with Gasteiger partial charge in [0.1, 0.15) is 6.26 Å². The highest BCUT2D eigenvalue weighted by Crippen LogP contribution is 2.17. The van der Waals surface area contributed by atoms with Crippen LogP contribution in [0.3, 0.4) is 0 Å². The largest absolute Gasteiger partial charge is 0.447 e. The molecule has 2 aromatic carbocycles. The topological polar surface area (TPSA) is 70.8 Å². The Morgan fingerprint density at radius 2 is 1.79 bits per heavy atom. The Kier molecular flexibility index (Phi) is 8.49. The SMILES string of the molecule is O=C(NCCN1CCOCC1)c1coc(CN(Cc2ccccc2)Cc2cccc(Cl)c2)n1. The lowest BCUT2D eigenvalue weighted by atomic mass is 10.1. The molecule has 1 saturated heterocycles. The van der Waals surface area contributed by atoms with Crippen LogP contribution in [0.25, 0.3) is 0 Å². The number of hydrogen-bond acceptors (Lipinski definition) is 6. The number of benzene rings is 2.